The number of hydrogen-bond donors (Lipinski definition) is 3. The molecule has 10 nitrogen and oxygen atoms in total. The van der Waals surface area contributed by atoms with E-state index in [0.717, 1.165) is 22.3 Å². The number of halogens is 2. The molecule has 3 aliphatic carbocycles. The summed E-state index contributed by atoms with van der Waals surface area (Å²) in [6.07, 6.45) is 0.0427. The molecular weight excluding hydrogens is 670 g/mol. The van der Waals surface area contributed by atoms with Crippen LogP contribution in [0, 0.1) is 5.41 Å². The van der Waals surface area contributed by atoms with Gasteiger partial charge in [0.25, 0.3) is 11.8 Å². The molecule has 0 bridgehead atoms. The molecule has 3 amide bonds. The summed E-state index contributed by atoms with van der Waals surface area (Å²) in [6, 6.07) is 24.4. The molecule has 1 saturated carbocycles. The van der Waals surface area contributed by atoms with E-state index in [9.17, 15) is 33.1 Å². The quantitative estimate of drug-likeness (QED) is 0.206. The molecule has 4 aromatic rings. The summed E-state index contributed by atoms with van der Waals surface area (Å²) in [7, 11) is 0. The summed E-state index contributed by atoms with van der Waals surface area (Å²) in [6.45, 7) is 0.133. The SMILES string of the molecule is NCCN(C[C@@]12C[C@@H]1N(C(=O)CNC(=O)c1ccc3c(c1)-c1ccccc1C3(F)F)[C@H](C(=O)O)C2)C(=O)OCC1c2ccccc2-c2ccccc21. The van der Waals surface area contributed by atoms with E-state index < -0.39 is 53.8 Å². The van der Waals surface area contributed by atoms with Gasteiger partial charge in [-0.25, -0.2) is 9.59 Å². The fourth-order valence-electron chi connectivity index (χ4n) is 8.55. The smallest absolute Gasteiger partial charge is 0.409 e. The van der Waals surface area contributed by atoms with Crippen LogP contribution in [-0.4, -0.2) is 83.7 Å². The van der Waals surface area contributed by atoms with Crippen LogP contribution in [0.4, 0.5) is 13.6 Å². The van der Waals surface area contributed by atoms with E-state index >= 15 is 0 Å². The van der Waals surface area contributed by atoms with E-state index in [0.29, 0.717) is 12.0 Å². The fourth-order valence-corrected chi connectivity index (χ4v) is 8.55. The average molecular weight is 707 g/mol. The number of piperidine rings is 1. The molecule has 4 N–H and O–H groups in total. The lowest BCUT2D eigenvalue weighted by Gasteiger charge is -2.26. The number of carboxylic acids is 1. The topological polar surface area (TPSA) is 142 Å². The highest BCUT2D eigenvalue weighted by atomic mass is 19.3. The Balaban J connectivity index is 0.926. The Morgan fingerprint density at radius 1 is 0.865 bits per heavy atom. The summed E-state index contributed by atoms with van der Waals surface area (Å²) >= 11 is 0. The third-order valence-corrected chi connectivity index (χ3v) is 11.1. The van der Waals surface area contributed by atoms with Crippen molar-refractivity contribution in [3.63, 3.8) is 0 Å². The van der Waals surface area contributed by atoms with Gasteiger partial charge in [-0.15, -0.1) is 0 Å². The maximum Gasteiger partial charge on any atom is 0.409 e. The van der Waals surface area contributed by atoms with Crippen LogP contribution in [-0.2, 0) is 20.2 Å². The van der Waals surface area contributed by atoms with Crippen LogP contribution in [0.25, 0.3) is 22.3 Å². The molecule has 12 heteroatoms. The molecule has 0 spiro atoms. The van der Waals surface area contributed by atoms with E-state index in [1.54, 1.807) is 12.1 Å². The standard InChI is InChI=1S/C40H36F2N4O6/c41-40(42)31-12-6-5-11-28(31)29-17-23(13-14-32(29)40)36(48)44-20-35(47)46-33(37(49)50)18-39(19-34(39)46)22-45(16-15-43)38(51)52-21-30-26-9-3-1-7-24(26)25-8-2-4-10-27(25)30/h1-14,17,30,33-34H,15-16,18-22,43H2,(H,44,48)(H,49,50)/t33-,34-,39+/m0/s1. The number of carbonyl (C=O) groups is 4. The normalized spacial score (nSPS) is 21.3. The second-order valence-electron chi connectivity index (χ2n) is 14.0. The van der Waals surface area contributed by atoms with Crippen LogP contribution >= 0.6 is 0 Å². The Morgan fingerprint density at radius 3 is 2.17 bits per heavy atom. The molecule has 52 heavy (non-hydrogen) atoms. The molecule has 0 radical (unpaired) electrons. The summed E-state index contributed by atoms with van der Waals surface area (Å²) in [5.41, 5.74) is 9.92. The van der Waals surface area contributed by atoms with Crippen molar-refractivity contribution in [3.05, 3.63) is 119 Å². The Bertz CT molecular complexity index is 2090. The first-order valence-electron chi connectivity index (χ1n) is 17.3. The lowest BCUT2D eigenvalue weighted by atomic mass is 9.98. The van der Waals surface area contributed by atoms with Gasteiger partial charge in [-0.05, 0) is 58.4 Å². The van der Waals surface area contributed by atoms with Gasteiger partial charge in [0.1, 0.15) is 12.6 Å². The molecule has 0 unspecified atom stereocenters. The number of carbonyl (C=O) groups excluding carboxylic acids is 3. The molecule has 1 aliphatic heterocycles. The van der Waals surface area contributed by atoms with Gasteiger partial charge >= 0.3 is 12.1 Å². The number of alkyl halides is 2. The highest BCUT2D eigenvalue weighted by Crippen LogP contribution is 2.60. The van der Waals surface area contributed by atoms with Gasteiger partial charge < -0.3 is 30.7 Å². The maximum absolute atomic E-state index is 15.0. The van der Waals surface area contributed by atoms with Crippen LogP contribution in [0.5, 0.6) is 0 Å². The molecule has 8 rings (SSSR count). The van der Waals surface area contributed by atoms with E-state index in [-0.39, 0.29) is 60.8 Å². The van der Waals surface area contributed by atoms with Gasteiger partial charge in [-0.3, -0.25) is 9.59 Å². The minimum atomic E-state index is -3.19. The van der Waals surface area contributed by atoms with E-state index in [2.05, 4.69) is 17.4 Å². The zero-order valence-electron chi connectivity index (χ0n) is 28.1. The van der Waals surface area contributed by atoms with Crippen molar-refractivity contribution in [2.45, 2.75) is 36.8 Å². The summed E-state index contributed by atoms with van der Waals surface area (Å²) < 4.78 is 35.9. The Morgan fingerprint density at radius 2 is 1.50 bits per heavy atom. The van der Waals surface area contributed by atoms with Crippen molar-refractivity contribution in [3.8, 4) is 22.3 Å². The third kappa shape index (κ3) is 5.40. The Kier molecular flexibility index (Phi) is 8.09. The number of fused-ring (bicyclic) bond motifs is 7. The second-order valence-corrected chi connectivity index (χ2v) is 14.0. The van der Waals surface area contributed by atoms with Crippen molar-refractivity contribution in [2.75, 3.05) is 32.8 Å². The highest BCUT2D eigenvalue weighted by molar-refractivity contribution is 5.99. The molecule has 1 heterocycles. The minimum Gasteiger partial charge on any atom is -0.480 e. The summed E-state index contributed by atoms with van der Waals surface area (Å²) in [5, 5.41) is 12.6. The predicted molar refractivity (Wildman–Crippen MR) is 187 cm³/mol. The Hall–Kier alpha value is -5.62. The number of nitrogens with one attached hydrogen (secondary N) is 1. The van der Waals surface area contributed by atoms with Crippen molar-refractivity contribution in [2.24, 2.45) is 11.1 Å². The van der Waals surface area contributed by atoms with Crippen LogP contribution in [0.1, 0.15) is 51.4 Å². The van der Waals surface area contributed by atoms with Crippen LogP contribution < -0.4 is 11.1 Å². The van der Waals surface area contributed by atoms with Crippen molar-refractivity contribution < 1.29 is 37.8 Å². The first-order valence-corrected chi connectivity index (χ1v) is 17.3. The first kappa shape index (κ1) is 33.5. The summed E-state index contributed by atoms with van der Waals surface area (Å²) in [4.78, 5) is 55.4. The number of nitrogens with two attached hydrogens (primary N) is 1. The summed E-state index contributed by atoms with van der Waals surface area (Å²) in [5.74, 6) is -5.75. The largest absolute Gasteiger partial charge is 0.480 e. The number of rotatable bonds is 10. The van der Waals surface area contributed by atoms with E-state index in [1.165, 1.54) is 40.1 Å². The Labute approximate surface area is 298 Å². The van der Waals surface area contributed by atoms with Gasteiger partial charge in [0.15, 0.2) is 0 Å². The van der Waals surface area contributed by atoms with Crippen molar-refractivity contribution in [1.82, 2.24) is 15.1 Å². The molecular formula is C40H36F2N4O6. The van der Waals surface area contributed by atoms with Crippen molar-refractivity contribution >= 4 is 23.9 Å². The molecule has 266 valence electrons. The van der Waals surface area contributed by atoms with Crippen LogP contribution in [0.15, 0.2) is 91.0 Å². The number of benzene rings is 4. The van der Waals surface area contributed by atoms with E-state index in [4.69, 9.17) is 10.5 Å². The number of ether oxygens (including phenoxy) is 1. The molecule has 1 saturated heterocycles. The van der Waals surface area contributed by atoms with Crippen molar-refractivity contribution in [1.29, 1.82) is 0 Å². The zero-order valence-corrected chi connectivity index (χ0v) is 28.1. The number of likely N-dealkylation sites (tertiary alicyclic amines) is 1. The number of nitrogens with zero attached hydrogens (tertiary/aromatic N) is 2. The van der Waals surface area contributed by atoms with Gasteiger partial charge in [-0.2, -0.15) is 8.78 Å². The second kappa shape index (κ2) is 12.6. The molecule has 4 aliphatic rings. The number of amides is 3. The first-order chi connectivity index (χ1) is 25.0. The molecule has 3 atom stereocenters. The van der Waals surface area contributed by atoms with Crippen LogP contribution in [0.2, 0.25) is 0 Å². The number of aliphatic carboxylic acids is 1. The molecule has 4 aromatic carbocycles. The predicted octanol–water partition coefficient (Wildman–Crippen LogP) is 5.19. The number of carboxylic acid groups (broad SMARTS) is 1. The lowest BCUT2D eigenvalue weighted by molar-refractivity contribution is -0.149. The zero-order chi connectivity index (χ0) is 36.4. The maximum atomic E-state index is 15.0. The van der Waals surface area contributed by atoms with Gasteiger partial charge in [-0.1, -0.05) is 78.9 Å². The highest BCUT2D eigenvalue weighted by Gasteiger charge is 2.68. The average Bonchev–Trinajstić information content (AvgIpc) is 3.48. The van der Waals surface area contributed by atoms with Gasteiger partial charge in [0.05, 0.1) is 6.54 Å². The van der Waals surface area contributed by atoms with Gasteiger partial charge in [0, 0.05) is 53.7 Å². The fraction of sp³-hybridized carbons (Fsp3) is 0.300. The van der Waals surface area contributed by atoms with Crippen LogP contribution in [0.3, 0.4) is 0 Å². The third-order valence-electron chi connectivity index (χ3n) is 11.1. The van der Waals surface area contributed by atoms with Gasteiger partial charge in [0.2, 0.25) is 5.91 Å². The van der Waals surface area contributed by atoms with E-state index in [1.807, 2.05) is 36.4 Å². The monoisotopic (exact) mass is 706 g/mol. The molecule has 0 aromatic heterocycles. The lowest BCUT2D eigenvalue weighted by Crippen LogP contribution is -2.47. The minimum absolute atomic E-state index is 0.0940. The molecule has 2 fully saturated rings. The number of hydrogen-bond acceptors (Lipinski definition) is 6.